The number of anilines is 2. The van der Waals surface area contributed by atoms with Crippen molar-refractivity contribution in [2.75, 3.05) is 10.5 Å². The fraction of sp³-hybridized carbons (Fsp3) is 0.214. The Morgan fingerprint density at radius 3 is 2.30 bits per heavy atom. The van der Waals surface area contributed by atoms with Gasteiger partial charge in [-0.2, -0.15) is 8.42 Å². The van der Waals surface area contributed by atoms with E-state index in [0.717, 1.165) is 16.7 Å². The number of hydrogen-bond acceptors (Lipinski definition) is 4. The molecule has 20 heavy (non-hydrogen) atoms. The Bertz CT molecular complexity index is 732. The molecule has 0 aliphatic carbocycles. The molecule has 0 radical (unpaired) electrons. The van der Waals surface area contributed by atoms with E-state index in [0.29, 0.717) is 5.69 Å². The standard InChI is InChI=1S/C14H17N3O2S/c1-9-7-10(2)13(11(3)8-9)17-20(18,19)14-12(15)5-4-6-16-14/h4-8,17H,15H2,1-3H3. The van der Waals surface area contributed by atoms with Gasteiger partial charge in [0.2, 0.25) is 0 Å². The molecular weight excluding hydrogens is 274 g/mol. The van der Waals surface area contributed by atoms with E-state index in [4.69, 9.17) is 5.73 Å². The molecule has 0 bridgehead atoms. The Morgan fingerprint density at radius 2 is 1.75 bits per heavy atom. The number of benzene rings is 1. The van der Waals surface area contributed by atoms with Gasteiger partial charge in [0.05, 0.1) is 11.4 Å². The van der Waals surface area contributed by atoms with Crippen LogP contribution >= 0.6 is 0 Å². The van der Waals surface area contributed by atoms with Gasteiger partial charge in [0.1, 0.15) is 0 Å². The molecule has 3 N–H and O–H groups in total. The Labute approximate surface area is 118 Å². The second-order valence-corrected chi connectivity index (χ2v) is 6.37. The average Bonchev–Trinajstić information content (AvgIpc) is 2.34. The van der Waals surface area contributed by atoms with Gasteiger partial charge in [-0.05, 0) is 44.0 Å². The molecular formula is C14H17N3O2S. The number of sulfonamides is 1. The lowest BCUT2D eigenvalue weighted by Gasteiger charge is -2.14. The Kier molecular flexibility index (Phi) is 3.67. The number of rotatable bonds is 3. The summed E-state index contributed by atoms with van der Waals surface area (Å²) in [6, 6.07) is 6.95. The van der Waals surface area contributed by atoms with E-state index in [1.54, 1.807) is 6.07 Å². The topological polar surface area (TPSA) is 85.1 Å². The number of aromatic nitrogens is 1. The van der Waals surface area contributed by atoms with Crippen LogP contribution in [0.5, 0.6) is 0 Å². The minimum absolute atomic E-state index is 0.127. The van der Waals surface area contributed by atoms with Crippen molar-refractivity contribution in [3.8, 4) is 0 Å². The molecule has 0 aliphatic rings. The molecule has 2 aromatic rings. The smallest absolute Gasteiger partial charge is 0.281 e. The first-order valence-electron chi connectivity index (χ1n) is 6.12. The third-order valence-electron chi connectivity index (χ3n) is 2.97. The fourth-order valence-electron chi connectivity index (χ4n) is 2.15. The summed E-state index contributed by atoms with van der Waals surface area (Å²) in [7, 11) is -3.79. The number of nitrogens with one attached hydrogen (secondary N) is 1. The van der Waals surface area contributed by atoms with Gasteiger partial charge in [0.25, 0.3) is 10.0 Å². The zero-order valence-corrected chi connectivity index (χ0v) is 12.5. The van der Waals surface area contributed by atoms with E-state index < -0.39 is 10.0 Å². The number of hydrogen-bond donors (Lipinski definition) is 2. The van der Waals surface area contributed by atoms with Crippen LogP contribution in [0.1, 0.15) is 16.7 Å². The largest absolute Gasteiger partial charge is 0.396 e. The van der Waals surface area contributed by atoms with Gasteiger partial charge >= 0.3 is 0 Å². The van der Waals surface area contributed by atoms with E-state index in [1.165, 1.54) is 12.3 Å². The molecule has 1 aromatic carbocycles. The van der Waals surface area contributed by atoms with E-state index in [9.17, 15) is 8.42 Å². The lowest BCUT2D eigenvalue weighted by Crippen LogP contribution is -2.17. The van der Waals surface area contributed by atoms with E-state index >= 15 is 0 Å². The number of nitrogens with zero attached hydrogens (tertiary/aromatic N) is 1. The molecule has 5 nitrogen and oxygen atoms in total. The van der Waals surface area contributed by atoms with Gasteiger partial charge in [0, 0.05) is 6.20 Å². The van der Waals surface area contributed by atoms with Crippen LogP contribution in [0.25, 0.3) is 0 Å². The highest BCUT2D eigenvalue weighted by atomic mass is 32.2. The van der Waals surface area contributed by atoms with Crippen molar-refractivity contribution in [3.63, 3.8) is 0 Å². The molecule has 0 saturated heterocycles. The Balaban J connectivity index is 2.47. The molecule has 0 aliphatic heterocycles. The monoisotopic (exact) mass is 291 g/mol. The van der Waals surface area contributed by atoms with Gasteiger partial charge in [-0.3, -0.25) is 4.72 Å². The van der Waals surface area contributed by atoms with Crippen molar-refractivity contribution >= 4 is 21.4 Å². The van der Waals surface area contributed by atoms with E-state index in [2.05, 4.69) is 9.71 Å². The van der Waals surface area contributed by atoms with E-state index in [-0.39, 0.29) is 10.7 Å². The molecule has 2 rings (SSSR count). The van der Waals surface area contributed by atoms with Crippen LogP contribution in [0.4, 0.5) is 11.4 Å². The quantitative estimate of drug-likeness (QED) is 0.909. The Morgan fingerprint density at radius 1 is 1.15 bits per heavy atom. The van der Waals surface area contributed by atoms with Gasteiger partial charge < -0.3 is 5.73 Å². The lowest BCUT2D eigenvalue weighted by atomic mass is 10.1. The first-order valence-corrected chi connectivity index (χ1v) is 7.61. The zero-order valence-electron chi connectivity index (χ0n) is 11.6. The van der Waals surface area contributed by atoms with Gasteiger partial charge in [0.15, 0.2) is 5.03 Å². The highest BCUT2D eigenvalue weighted by Crippen LogP contribution is 2.25. The average molecular weight is 291 g/mol. The van der Waals surface area contributed by atoms with Crippen LogP contribution in [0.3, 0.4) is 0 Å². The molecule has 0 fully saturated rings. The van der Waals surface area contributed by atoms with Crippen molar-refractivity contribution in [3.05, 3.63) is 47.2 Å². The summed E-state index contributed by atoms with van der Waals surface area (Å²) >= 11 is 0. The summed E-state index contributed by atoms with van der Waals surface area (Å²) in [6.45, 7) is 5.69. The highest BCUT2D eigenvalue weighted by Gasteiger charge is 2.20. The molecule has 0 saturated carbocycles. The minimum atomic E-state index is -3.79. The molecule has 1 aromatic heterocycles. The molecule has 0 unspecified atom stereocenters. The fourth-order valence-corrected chi connectivity index (χ4v) is 3.42. The molecule has 1 heterocycles. The van der Waals surface area contributed by atoms with Crippen molar-refractivity contribution in [2.24, 2.45) is 0 Å². The summed E-state index contributed by atoms with van der Waals surface area (Å²) in [5.41, 5.74) is 9.18. The SMILES string of the molecule is Cc1cc(C)c(NS(=O)(=O)c2ncccc2N)c(C)c1. The Hall–Kier alpha value is -2.08. The number of nitrogens with two attached hydrogens (primary N) is 1. The molecule has 6 heteroatoms. The maximum Gasteiger partial charge on any atom is 0.281 e. The lowest BCUT2D eigenvalue weighted by molar-refractivity contribution is 0.598. The van der Waals surface area contributed by atoms with E-state index in [1.807, 2.05) is 32.9 Å². The maximum atomic E-state index is 12.4. The number of nitrogen functional groups attached to an aromatic ring is 1. The van der Waals surface area contributed by atoms with Crippen molar-refractivity contribution < 1.29 is 8.42 Å². The predicted octanol–water partition coefficient (Wildman–Crippen LogP) is 2.39. The highest BCUT2D eigenvalue weighted by molar-refractivity contribution is 7.92. The minimum Gasteiger partial charge on any atom is -0.396 e. The van der Waals surface area contributed by atoms with Gasteiger partial charge in [-0.25, -0.2) is 4.98 Å². The zero-order chi connectivity index (χ0) is 14.9. The molecule has 0 atom stereocenters. The maximum absolute atomic E-state index is 12.4. The summed E-state index contributed by atoms with van der Waals surface area (Å²) < 4.78 is 27.3. The van der Waals surface area contributed by atoms with Crippen LogP contribution in [-0.4, -0.2) is 13.4 Å². The second kappa shape index (κ2) is 5.13. The van der Waals surface area contributed by atoms with Crippen LogP contribution < -0.4 is 10.5 Å². The van der Waals surface area contributed by atoms with Crippen molar-refractivity contribution in [1.82, 2.24) is 4.98 Å². The summed E-state index contributed by atoms with van der Waals surface area (Å²) in [5.74, 6) is 0. The molecule has 106 valence electrons. The predicted molar refractivity (Wildman–Crippen MR) is 80.1 cm³/mol. The van der Waals surface area contributed by atoms with Crippen molar-refractivity contribution in [1.29, 1.82) is 0 Å². The first kappa shape index (κ1) is 14.3. The van der Waals surface area contributed by atoms with Crippen LogP contribution in [0.15, 0.2) is 35.5 Å². The van der Waals surface area contributed by atoms with Crippen LogP contribution in [0, 0.1) is 20.8 Å². The molecule has 0 amide bonds. The van der Waals surface area contributed by atoms with Crippen molar-refractivity contribution in [2.45, 2.75) is 25.8 Å². The van der Waals surface area contributed by atoms with Gasteiger partial charge in [-0.1, -0.05) is 17.7 Å². The summed E-state index contributed by atoms with van der Waals surface area (Å²) in [5, 5.41) is -0.153. The number of aryl methyl sites for hydroxylation is 3. The van der Waals surface area contributed by atoms with Crippen LogP contribution in [0.2, 0.25) is 0 Å². The third kappa shape index (κ3) is 2.75. The normalized spacial score (nSPS) is 11.3. The van der Waals surface area contributed by atoms with Gasteiger partial charge in [-0.15, -0.1) is 0 Å². The van der Waals surface area contributed by atoms with Crippen LogP contribution in [-0.2, 0) is 10.0 Å². The molecule has 0 spiro atoms. The number of pyridine rings is 1. The third-order valence-corrected chi connectivity index (χ3v) is 4.29. The first-order chi connectivity index (χ1) is 9.31. The summed E-state index contributed by atoms with van der Waals surface area (Å²) in [4.78, 5) is 3.85. The summed E-state index contributed by atoms with van der Waals surface area (Å²) in [6.07, 6.45) is 1.40. The second-order valence-electron chi connectivity index (χ2n) is 4.78.